The van der Waals surface area contributed by atoms with Crippen molar-refractivity contribution >= 4 is 11.8 Å². The van der Waals surface area contributed by atoms with Crippen molar-refractivity contribution in [2.24, 2.45) is 0 Å². The van der Waals surface area contributed by atoms with Gasteiger partial charge in [-0.1, -0.05) is 58.8 Å². The maximum Gasteiger partial charge on any atom is 0.242 e. The summed E-state index contributed by atoms with van der Waals surface area (Å²) in [6.45, 7) is 6.72. The van der Waals surface area contributed by atoms with Crippen LogP contribution in [0.5, 0.6) is 0 Å². The van der Waals surface area contributed by atoms with Crippen LogP contribution in [0.4, 0.5) is 0 Å². The van der Waals surface area contributed by atoms with E-state index in [0.717, 1.165) is 25.7 Å². The first-order chi connectivity index (χ1) is 10.1. The van der Waals surface area contributed by atoms with Gasteiger partial charge in [-0.3, -0.25) is 9.59 Å². The summed E-state index contributed by atoms with van der Waals surface area (Å²) in [6, 6.07) is -0.432. The largest absolute Gasteiger partial charge is 0.354 e. The molecule has 0 aliphatic heterocycles. The highest BCUT2D eigenvalue weighted by molar-refractivity contribution is 5.87. The molecule has 0 aromatic heterocycles. The van der Waals surface area contributed by atoms with Gasteiger partial charge < -0.3 is 10.6 Å². The van der Waals surface area contributed by atoms with Crippen LogP contribution in [0.1, 0.15) is 85.0 Å². The van der Waals surface area contributed by atoms with Crippen LogP contribution in [0.15, 0.2) is 0 Å². The Labute approximate surface area is 130 Å². The van der Waals surface area contributed by atoms with Crippen molar-refractivity contribution in [3.63, 3.8) is 0 Å². The monoisotopic (exact) mass is 298 g/mol. The van der Waals surface area contributed by atoms with Crippen molar-refractivity contribution < 1.29 is 9.59 Å². The Balaban J connectivity index is 3.57. The summed E-state index contributed by atoms with van der Waals surface area (Å²) in [5.41, 5.74) is 0. The molecule has 4 heteroatoms. The van der Waals surface area contributed by atoms with Crippen molar-refractivity contribution in [2.45, 2.75) is 91.0 Å². The van der Waals surface area contributed by atoms with Gasteiger partial charge in [-0.2, -0.15) is 0 Å². The minimum Gasteiger partial charge on any atom is -0.354 e. The van der Waals surface area contributed by atoms with E-state index < -0.39 is 6.04 Å². The third-order valence-corrected chi connectivity index (χ3v) is 3.61. The quantitative estimate of drug-likeness (QED) is 0.511. The van der Waals surface area contributed by atoms with Gasteiger partial charge in [0.1, 0.15) is 6.04 Å². The fourth-order valence-electron chi connectivity index (χ4n) is 2.16. The Hall–Kier alpha value is -1.06. The van der Waals surface area contributed by atoms with E-state index in [1.807, 2.05) is 0 Å². The molecule has 0 aliphatic carbocycles. The zero-order valence-electron chi connectivity index (χ0n) is 14.2. The van der Waals surface area contributed by atoms with Gasteiger partial charge in [-0.25, -0.2) is 0 Å². The molecule has 0 aromatic carbocycles. The fraction of sp³-hybridized carbons (Fsp3) is 0.882. The van der Waals surface area contributed by atoms with E-state index in [1.54, 1.807) is 6.92 Å². The zero-order valence-corrected chi connectivity index (χ0v) is 14.2. The number of rotatable bonds is 13. The molecular weight excluding hydrogens is 264 g/mol. The van der Waals surface area contributed by atoms with E-state index in [0.29, 0.717) is 13.0 Å². The Morgan fingerprint density at radius 1 is 0.857 bits per heavy atom. The lowest BCUT2D eigenvalue weighted by molar-refractivity contribution is -0.128. The number of hydrogen-bond acceptors (Lipinski definition) is 2. The van der Waals surface area contributed by atoms with Crippen LogP contribution in [-0.4, -0.2) is 24.4 Å². The van der Waals surface area contributed by atoms with Crippen LogP contribution in [0.2, 0.25) is 0 Å². The first-order valence-corrected chi connectivity index (χ1v) is 8.68. The van der Waals surface area contributed by atoms with Gasteiger partial charge in [0.05, 0.1) is 0 Å². The van der Waals surface area contributed by atoms with Crippen LogP contribution in [0.25, 0.3) is 0 Å². The summed E-state index contributed by atoms with van der Waals surface area (Å²) in [4.78, 5) is 23.4. The third kappa shape index (κ3) is 12.4. The maximum absolute atomic E-state index is 11.7. The van der Waals surface area contributed by atoms with Crippen molar-refractivity contribution in [3.8, 4) is 0 Å². The second-order valence-electron chi connectivity index (χ2n) is 5.81. The highest BCUT2D eigenvalue weighted by Crippen LogP contribution is 2.08. The molecule has 21 heavy (non-hydrogen) atoms. The van der Waals surface area contributed by atoms with Gasteiger partial charge in [0.25, 0.3) is 0 Å². The summed E-state index contributed by atoms with van der Waals surface area (Å²) in [7, 11) is 0. The Morgan fingerprint density at radius 3 is 2.05 bits per heavy atom. The SMILES string of the molecule is CCCCCCCCCC(=O)NC(C)C(=O)NCCCC. The second-order valence-corrected chi connectivity index (χ2v) is 5.81. The van der Waals surface area contributed by atoms with Crippen molar-refractivity contribution in [2.75, 3.05) is 6.54 Å². The normalized spacial score (nSPS) is 12.0. The number of unbranched alkanes of at least 4 members (excludes halogenated alkanes) is 7. The first kappa shape index (κ1) is 19.9. The molecule has 0 spiro atoms. The fourth-order valence-corrected chi connectivity index (χ4v) is 2.16. The Morgan fingerprint density at radius 2 is 1.43 bits per heavy atom. The first-order valence-electron chi connectivity index (χ1n) is 8.68. The molecule has 0 heterocycles. The standard InChI is InChI=1S/C17H34N2O2/c1-4-6-8-9-10-11-12-13-16(20)19-15(3)17(21)18-14-7-5-2/h15H,4-14H2,1-3H3,(H,18,21)(H,19,20). The van der Waals surface area contributed by atoms with Gasteiger partial charge in [-0.15, -0.1) is 0 Å². The average Bonchev–Trinajstić information content (AvgIpc) is 2.46. The molecule has 2 N–H and O–H groups in total. The number of hydrogen-bond donors (Lipinski definition) is 2. The van der Waals surface area contributed by atoms with E-state index in [4.69, 9.17) is 0 Å². The Kier molecular flexibility index (Phi) is 13.2. The van der Waals surface area contributed by atoms with Crippen LogP contribution >= 0.6 is 0 Å². The molecule has 2 amide bonds. The van der Waals surface area contributed by atoms with Crippen LogP contribution in [0.3, 0.4) is 0 Å². The average molecular weight is 298 g/mol. The summed E-state index contributed by atoms with van der Waals surface area (Å²) in [5.74, 6) is -0.0990. The van der Waals surface area contributed by atoms with E-state index >= 15 is 0 Å². The number of nitrogens with one attached hydrogen (secondary N) is 2. The summed E-state index contributed by atoms with van der Waals surface area (Å²) < 4.78 is 0. The highest BCUT2D eigenvalue weighted by atomic mass is 16.2. The van der Waals surface area contributed by atoms with Gasteiger partial charge >= 0.3 is 0 Å². The smallest absolute Gasteiger partial charge is 0.242 e. The molecule has 1 unspecified atom stereocenters. The summed E-state index contributed by atoms with van der Waals surface area (Å²) in [6.07, 6.45) is 10.9. The zero-order chi connectivity index (χ0) is 15.9. The lowest BCUT2D eigenvalue weighted by atomic mass is 10.1. The molecule has 4 nitrogen and oxygen atoms in total. The van der Waals surface area contributed by atoms with Crippen LogP contribution < -0.4 is 10.6 Å². The number of amides is 2. The number of carbonyl (C=O) groups is 2. The van der Waals surface area contributed by atoms with Gasteiger partial charge in [0.15, 0.2) is 0 Å². The third-order valence-electron chi connectivity index (χ3n) is 3.61. The predicted octanol–water partition coefficient (Wildman–Crippen LogP) is 3.55. The summed E-state index contributed by atoms with van der Waals surface area (Å²) >= 11 is 0. The molecule has 1 atom stereocenters. The van der Waals surface area contributed by atoms with Crippen LogP contribution in [0, 0.1) is 0 Å². The molecule has 124 valence electrons. The second kappa shape index (κ2) is 13.9. The van der Waals surface area contributed by atoms with Gasteiger partial charge in [-0.05, 0) is 19.8 Å². The molecule has 0 aromatic rings. The van der Waals surface area contributed by atoms with E-state index in [1.165, 1.54) is 32.1 Å². The molecule has 0 saturated carbocycles. The molecule has 0 radical (unpaired) electrons. The van der Waals surface area contributed by atoms with Gasteiger partial charge in [0.2, 0.25) is 11.8 Å². The van der Waals surface area contributed by atoms with E-state index in [-0.39, 0.29) is 11.8 Å². The molecule has 0 rings (SSSR count). The van der Waals surface area contributed by atoms with Gasteiger partial charge in [0, 0.05) is 13.0 Å². The number of carbonyl (C=O) groups excluding carboxylic acids is 2. The highest BCUT2D eigenvalue weighted by Gasteiger charge is 2.14. The minimum atomic E-state index is -0.432. The molecule has 0 bridgehead atoms. The Bertz CT molecular complexity index is 280. The van der Waals surface area contributed by atoms with E-state index in [2.05, 4.69) is 24.5 Å². The summed E-state index contributed by atoms with van der Waals surface area (Å²) in [5, 5.41) is 5.60. The molecule has 0 saturated heterocycles. The molecule has 0 fully saturated rings. The predicted molar refractivity (Wildman–Crippen MR) is 88.1 cm³/mol. The topological polar surface area (TPSA) is 58.2 Å². The lowest BCUT2D eigenvalue weighted by Crippen LogP contribution is -2.44. The molecular formula is C17H34N2O2. The van der Waals surface area contributed by atoms with Crippen molar-refractivity contribution in [1.29, 1.82) is 0 Å². The van der Waals surface area contributed by atoms with E-state index in [9.17, 15) is 9.59 Å². The maximum atomic E-state index is 11.7. The van der Waals surface area contributed by atoms with Crippen molar-refractivity contribution in [3.05, 3.63) is 0 Å². The van der Waals surface area contributed by atoms with Crippen molar-refractivity contribution in [1.82, 2.24) is 10.6 Å². The molecule has 0 aliphatic rings. The lowest BCUT2D eigenvalue weighted by Gasteiger charge is -2.14. The van der Waals surface area contributed by atoms with Crippen LogP contribution in [-0.2, 0) is 9.59 Å². The minimum absolute atomic E-state index is 0.0123.